The first kappa shape index (κ1) is 18.4. The molecule has 2 aliphatic carbocycles. The quantitative estimate of drug-likeness (QED) is 0.676. The molecule has 1 saturated carbocycles. The summed E-state index contributed by atoms with van der Waals surface area (Å²) in [5.74, 6) is -1.07. The third-order valence-corrected chi connectivity index (χ3v) is 5.88. The van der Waals surface area contributed by atoms with Crippen molar-refractivity contribution in [1.82, 2.24) is 20.3 Å². The number of benzene rings is 2. The molecule has 0 spiro atoms. The zero-order chi connectivity index (χ0) is 20.7. The number of fused-ring (bicyclic) bond motifs is 3. The van der Waals surface area contributed by atoms with Gasteiger partial charge in [0, 0.05) is 12.0 Å². The molecule has 30 heavy (non-hydrogen) atoms. The Morgan fingerprint density at radius 3 is 2.30 bits per heavy atom. The van der Waals surface area contributed by atoms with E-state index in [-0.39, 0.29) is 30.3 Å². The van der Waals surface area contributed by atoms with Crippen LogP contribution in [0.3, 0.4) is 0 Å². The van der Waals surface area contributed by atoms with Crippen molar-refractivity contribution >= 4 is 12.1 Å². The van der Waals surface area contributed by atoms with Gasteiger partial charge in [-0.1, -0.05) is 53.7 Å². The molecular weight excluding hydrogens is 384 g/mol. The lowest BCUT2D eigenvalue weighted by Gasteiger charge is -2.35. The third-order valence-electron chi connectivity index (χ3n) is 5.88. The number of alkyl carbamates (subject to hydrolysis) is 1. The maximum absolute atomic E-state index is 12.3. The Morgan fingerprint density at radius 2 is 1.70 bits per heavy atom. The van der Waals surface area contributed by atoms with E-state index in [4.69, 9.17) is 9.84 Å². The second-order valence-corrected chi connectivity index (χ2v) is 7.68. The predicted octanol–water partition coefficient (Wildman–Crippen LogP) is 3.22. The minimum Gasteiger partial charge on any atom is -0.476 e. The minimum atomic E-state index is -1.10. The maximum atomic E-state index is 12.3. The number of hydrogen-bond acceptors (Lipinski definition) is 5. The van der Waals surface area contributed by atoms with Crippen molar-refractivity contribution in [2.45, 2.75) is 30.8 Å². The summed E-state index contributed by atoms with van der Waals surface area (Å²) in [5, 5.41) is 19.3. The van der Waals surface area contributed by atoms with Crippen LogP contribution in [0.5, 0.6) is 0 Å². The van der Waals surface area contributed by atoms with Crippen LogP contribution < -0.4 is 5.32 Å². The first-order valence-electron chi connectivity index (χ1n) is 9.87. The van der Waals surface area contributed by atoms with Crippen LogP contribution in [0.15, 0.2) is 54.7 Å². The number of ether oxygens (including phenoxy) is 1. The van der Waals surface area contributed by atoms with E-state index in [9.17, 15) is 9.59 Å². The van der Waals surface area contributed by atoms with Gasteiger partial charge in [0.05, 0.1) is 12.2 Å². The van der Waals surface area contributed by atoms with E-state index < -0.39 is 12.1 Å². The summed E-state index contributed by atoms with van der Waals surface area (Å²) in [5.41, 5.74) is 4.66. The Bertz CT molecular complexity index is 1070. The van der Waals surface area contributed by atoms with E-state index in [2.05, 4.69) is 39.9 Å². The maximum Gasteiger partial charge on any atom is 0.407 e. The number of aromatic nitrogens is 3. The fourth-order valence-electron chi connectivity index (χ4n) is 4.28. The highest BCUT2D eigenvalue weighted by atomic mass is 16.5. The number of carboxylic acids is 1. The van der Waals surface area contributed by atoms with Gasteiger partial charge in [-0.05, 0) is 35.1 Å². The molecule has 2 aliphatic rings. The van der Waals surface area contributed by atoms with Crippen molar-refractivity contribution < 1.29 is 19.4 Å². The van der Waals surface area contributed by atoms with Crippen LogP contribution in [0, 0.1) is 0 Å². The van der Waals surface area contributed by atoms with E-state index in [1.807, 2.05) is 24.3 Å². The number of carboxylic acid groups (broad SMARTS) is 1. The van der Waals surface area contributed by atoms with Gasteiger partial charge >= 0.3 is 12.1 Å². The van der Waals surface area contributed by atoms with Gasteiger partial charge in [-0.15, -0.1) is 5.10 Å². The average Bonchev–Trinajstić information content (AvgIpc) is 3.32. The summed E-state index contributed by atoms with van der Waals surface area (Å²) >= 11 is 0. The largest absolute Gasteiger partial charge is 0.476 e. The summed E-state index contributed by atoms with van der Waals surface area (Å²) in [6.45, 7) is 0.279. The topological polar surface area (TPSA) is 106 Å². The van der Waals surface area contributed by atoms with E-state index in [0.717, 1.165) is 0 Å². The van der Waals surface area contributed by atoms with Crippen LogP contribution in [0.1, 0.15) is 46.4 Å². The molecular formula is C22H20N4O4. The summed E-state index contributed by atoms with van der Waals surface area (Å²) in [4.78, 5) is 23.2. The van der Waals surface area contributed by atoms with Crippen molar-refractivity contribution in [3.05, 3.63) is 71.5 Å². The Kier molecular flexibility index (Phi) is 4.46. The Balaban J connectivity index is 1.16. The van der Waals surface area contributed by atoms with Gasteiger partial charge in [0.2, 0.25) is 0 Å². The lowest BCUT2D eigenvalue weighted by atomic mass is 9.87. The highest BCUT2D eigenvalue weighted by Gasteiger charge is 2.34. The number of carbonyl (C=O) groups excluding carboxylic acids is 1. The molecule has 8 nitrogen and oxygen atoms in total. The summed E-state index contributed by atoms with van der Waals surface area (Å²) in [6.07, 6.45) is 2.29. The Labute approximate surface area is 172 Å². The lowest BCUT2D eigenvalue weighted by Crippen LogP contribution is -2.45. The molecule has 0 bridgehead atoms. The molecule has 0 unspecified atom stereocenters. The van der Waals surface area contributed by atoms with E-state index in [1.165, 1.54) is 28.5 Å². The number of carbonyl (C=O) groups is 2. The van der Waals surface area contributed by atoms with Gasteiger partial charge in [0.15, 0.2) is 5.69 Å². The number of rotatable bonds is 5. The highest BCUT2D eigenvalue weighted by molar-refractivity contribution is 5.84. The van der Waals surface area contributed by atoms with Crippen molar-refractivity contribution in [3.8, 4) is 11.1 Å². The standard InChI is InChI=1S/C22H20N4O4/c27-21(28)20-11-26(25-24-20)14-9-13(10-14)23-22(29)30-12-19-17-7-3-1-5-15(17)16-6-2-4-8-18(16)19/h1-8,11,13-14,19H,9-10,12H2,(H,23,29)(H,27,28). The molecule has 3 aromatic rings. The van der Waals surface area contributed by atoms with Crippen LogP contribution in [-0.4, -0.2) is 44.8 Å². The van der Waals surface area contributed by atoms with Crippen molar-refractivity contribution in [3.63, 3.8) is 0 Å². The summed E-state index contributed by atoms with van der Waals surface area (Å²) in [7, 11) is 0. The molecule has 0 radical (unpaired) electrons. The van der Waals surface area contributed by atoms with Crippen LogP contribution in [0.25, 0.3) is 11.1 Å². The zero-order valence-electron chi connectivity index (χ0n) is 16.1. The summed E-state index contributed by atoms with van der Waals surface area (Å²) in [6, 6.07) is 16.4. The van der Waals surface area contributed by atoms with Crippen LogP contribution in [-0.2, 0) is 4.74 Å². The lowest BCUT2D eigenvalue weighted by molar-refractivity contribution is 0.0690. The number of amides is 1. The van der Waals surface area contributed by atoms with Crippen molar-refractivity contribution in [2.75, 3.05) is 6.61 Å². The van der Waals surface area contributed by atoms with E-state index >= 15 is 0 Å². The average molecular weight is 404 g/mol. The van der Waals surface area contributed by atoms with Crippen molar-refractivity contribution in [1.29, 1.82) is 0 Å². The molecule has 1 heterocycles. The first-order valence-corrected chi connectivity index (χ1v) is 9.87. The highest BCUT2D eigenvalue weighted by Crippen LogP contribution is 2.44. The Morgan fingerprint density at radius 1 is 1.07 bits per heavy atom. The van der Waals surface area contributed by atoms with Crippen LogP contribution in [0.4, 0.5) is 4.79 Å². The normalized spacial score (nSPS) is 19.5. The minimum absolute atomic E-state index is 0.0249. The number of nitrogens with one attached hydrogen (secondary N) is 1. The molecule has 2 aromatic carbocycles. The first-order chi connectivity index (χ1) is 14.6. The van der Waals surface area contributed by atoms with Gasteiger partial charge in [-0.2, -0.15) is 0 Å². The van der Waals surface area contributed by atoms with Crippen LogP contribution in [0.2, 0.25) is 0 Å². The van der Waals surface area contributed by atoms with Gasteiger partial charge < -0.3 is 15.2 Å². The van der Waals surface area contributed by atoms with E-state index in [0.29, 0.717) is 12.8 Å². The third kappa shape index (κ3) is 3.20. The second kappa shape index (κ2) is 7.29. The van der Waals surface area contributed by atoms with Crippen LogP contribution >= 0.6 is 0 Å². The van der Waals surface area contributed by atoms with Crippen molar-refractivity contribution in [2.24, 2.45) is 0 Å². The molecule has 1 fully saturated rings. The molecule has 1 amide bonds. The fourth-order valence-corrected chi connectivity index (χ4v) is 4.28. The van der Waals surface area contributed by atoms with E-state index in [1.54, 1.807) is 4.68 Å². The molecule has 152 valence electrons. The summed E-state index contributed by atoms with van der Waals surface area (Å²) < 4.78 is 7.10. The molecule has 2 N–H and O–H groups in total. The SMILES string of the molecule is O=C(NC1CC(n2cc(C(=O)O)nn2)C1)OCC1c2ccccc2-c2ccccc21. The zero-order valence-corrected chi connectivity index (χ0v) is 16.1. The molecule has 5 rings (SSSR count). The monoisotopic (exact) mass is 404 g/mol. The Hall–Kier alpha value is -3.68. The fraction of sp³-hybridized carbons (Fsp3) is 0.273. The number of hydrogen-bond donors (Lipinski definition) is 2. The molecule has 0 aliphatic heterocycles. The molecule has 1 aromatic heterocycles. The second-order valence-electron chi connectivity index (χ2n) is 7.68. The molecule has 8 heteroatoms. The molecule has 0 saturated heterocycles. The van der Waals surface area contributed by atoms with Gasteiger partial charge in [-0.25, -0.2) is 14.3 Å². The van der Waals surface area contributed by atoms with Gasteiger partial charge in [-0.3, -0.25) is 0 Å². The molecule has 0 atom stereocenters. The predicted molar refractivity (Wildman–Crippen MR) is 107 cm³/mol. The number of aromatic carboxylic acids is 1. The number of nitrogens with zero attached hydrogens (tertiary/aromatic N) is 3. The smallest absolute Gasteiger partial charge is 0.407 e. The van der Waals surface area contributed by atoms with Gasteiger partial charge in [0.25, 0.3) is 0 Å². The van der Waals surface area contributed by atoms with Gasteiger partial charge in [0.1, 0.15) is 6.61 Å².